The van der Waals surface area contributed by atoms with Crippen LogP contribution >= 0.6 is 0 Å². The highest BCUT2D eigenvalue weighted by molar-refractivity contribution is 5.46. The number of nitrogen functional groups attached to an aromatic ring is 1. The van der Waals surface area contributed by atoms with Gasteiger partial charge in [-0.2, -0.15) is 4.98 Å². The lowest BCUT2D eigenvalue weighted by molar-refractivity contribution is -0.384. The second-order valence-electron chi connectivity index (χ2n) is 4.67. The fraction of sp³-hybridized carbons (Fsp3) is 0.214. The molecule has 1 aromatic heterocycles. The summed E-state index contributed by atoms with van der Waals surface area (Å²) in [6, 6.07) is 9.92. The van der Waals surface area contributed by atoms with Crippen LogP contribution in [0.3, 0.4) is 0 Å². The minimum atomic E-state index is -0.535. The number of nitrogens with two attached hydrogens (primary N) is 1. The SMILES string of the molecule is CC(C)c1ccc(Oc2cc([N+](=O)[O-])cc(N)n2)cc1. The molecule has 2 aromatic rings. The van der Waals surface area contributed by atoms with E-state index in [0.717, 1.165) is 0 Å². The van der Waals surface area contributed by atoms with Gasteiger partial charge >= 0.3 is 0 Å². The van der Waals surface area contributed by atoms with Crippen molar-refractivity contribution in [2.45, 2.75) is 19.8 Å². The summed E-state index contributed by atoms with van der Waals surface area (Å²) in [6.07, 6.45) is 0. The van der Waals surface area contributed by atoms with Crippen LogP contribution in [0.25, 0.3) is 0 Å². The minimum Gasteiger partial charge on any atom is -0.439 e. The minimum absolute atomic E-state index is 0.0491. The van der Waals surface area contributed by atoms with Crippen LogP contribution in [0.15, 0.2) is 36.4 Å². The second-order valence-corrected chi connectivity index (χ2v) is 4.67. The Morgan fingerprint density at radius 1 is 1.25 bits per heavy atom. The van der Waals surface area contributed by atoms with Crippen LogP contribution in [0.5, 0.6) is 11.6 Å². The van der Waals surface area contributed by atoms with E-state index in [1.54, 1.807) is 12.1 Å². The van der Waals surface area contributed by atoms with Gasteiger partial charge in [-0.15, -0.1) is 0 Å². The summed E-state index contributed by atoms with van der Waals surface area (Å²) in [7, 11) is 0. The Bertz CT molecular complexity index is 624. The second kappa shape index (κ2) is 5.56. The number of nitrogens with zero attached hydrogens (tertiary/aromatic N) is 2. The first-order valence-corrected chi connectivity index (χ1v) is 6.15. The summed E-state index contributed by atoms with van der Waals surface area (Å²) < 4.78 is 5.49. The quantitative estimate of drug-likeness (QED) is 0.680. The predicted molar refractivity (Wildman–Crippen MR) is 75.9 cm³/mol. The predicted octanol–water partition coefficient (Wildman–Crippen LogP) is 3.49. The van der Waals surface area contributed by atoms with Crippen LogP contribution in [0.4, 0.5) is 11.5 Å². The van der Waals surface area contributed by atoms with Crippen molar-refractivity contribution < 1.29 is 9.66 Å². The molecule has 1 heterocycles. The normalized spacial score (nSPS) is 10.6. The summed E-state index contributed by atoms with van der Waals surface area (Å²) in [5, 5.41) is 10.7. The van der Waals surface area contributed by atoms with Crippen molar-refractivity contribution in [3.05, 3.63) is 52.1 Å². The van der Waals surface area contributed by atoms with E-state index in [1.165, 1.54) is 17.7 Å². The zero-order valence-electron chi connectivity index (χ0n) is 11.2. The molecular formula is C14H15N3O3. The van der Waals surface area contributed by atoms with Gasteiger partial charge in [0.1, 0.15) is 11.6 Å². The highest BCUT2D eigenvalue weighted by Crippen LogP contribution is 2.26. The van der Waals surface area contributed by atoms with Crippen molar-refractivity contribution in [1.82, 2.24) is 4.98 Å². The molecule has 0 aliphatic heterocycles. The first-order valence-electron chi connectivity index (χ1n) is 6.15. The standard InChI is InChI=1S/C14H15N3O3/c1-9(2)10-3-5-12(6-4-10)20-14-8-11(17(18)19)7-13(15)16-14/h3-9H,1-2H3,(H2,15,16). The van der Waals surface area contributed by atoms with E-state index in [2.05, 4.69) is 18.8 Å². The lowest BCUT2D eigenvalue weighted by atomic mass is 10.0. The maximum Gasteiger partial charge on any atom is 0.278 e. The van der Waals surface area contributed by atoms with Crippen molar-refractivity contribution in [1.29, 1.82) is 0 Å². The van der Waals surface area contributed by atoms with Gasteiger partial charge in [0.25, 0.3) is 5.69 Å². The van der Waals surface area contributed by atoms with E-state index in [0.29, 0.717) is 11.7 Å². The Kier molecular flexibility index (Phi) is 3.84. The van der Waals surface area contributed by atoms with Crippen LogP contribution in [-0.4, -0.2) is 9.91 Å². The molecule has 0 unspecified atom stereocenters. The molecule has 0 amide bonds. The molecule has 0 bridgehead atoms. The maximum atomic E-state index is 10.7. The van der Waals surface area contributed by atoms with E-state index >= 15 is 0 Å². The number of benzene rings is 1. The van der Waals surface area contributed by atoms with Gasteiger partial charge in [0.15, 0.2) is 0 Å². The van der Waals surface area contributed by atoms with Gasteiger partial charge in [0.05, 0.1) is 17.1 Å². The highest BCUT2D eigenvalue weighted by atomic mass is 16.6. The van der Waals surface area contributed by atoms with Crippen molar-refractivity contribution in [3.8, 4) is 11.6 Å². The van der Waals surface area contributed by atoms with Crippen molar-refractivity contribution in [2.24, 2.45) is 0 Å². The maximum absolute atomic E-state index is 10.7. The fourth-order valence-corrected chi connectivity index (χ4v) is 1.71. The first-order chi connectivity index (χ1) is 9.45. The van der Waals surface area contributed by atoms with Crippen molar-refractivity contribution in [3.63, 3.8) is 0 Å². The Hall–Kier alpha value is -2.63. The third-order valence-corrected chi connectivity index (χ3v) is 2.79. The summed E-state index contributed by atoms with van der Waals surface area (Å²) >= 11 is 0. The van der Waals surface area contributed by atoms with Crippen LogP contribution < -0.4 is 10.5 Å². The average Bonchev–Trinajstić information content (AvgIpc) is 2.38. The van der Waals surface area contributed by atoms with E-state index < -0.39 is 4.92 Å². The number of rotatable bonds is 4. The first kappa shape index (κ1) is 13.8. The lowest BCUT2D eigenvalue weighted by Crippen LogP contribution is -1.97. The van der Waals surface area contributed by atoms with Gasteiger partial charge < -0.3 is 10.5 Å². The highest BCUT2D eigenvalue weighted by Gasteiger charge is 2.11. The molecule has 0 aliphatic rings. The third-order valence-electron chi connectivity index (χ3n) is 2.79. The molecule has 6 heteroatoms. The molecule has 0 saturated carbocycles. The Morgan fingerprint density at radius 2 is 1.90 bits per heavy atom. The molecule has 104 valence electrons. The third kappa shape index (κ3) is 3.23. The number of anilines is 1. The molecule has 6 nitrogen and oxygen atoms in total. The molecule has 20 heavy (non-hydrogen) atoms. The van der Waals surface area contributed by atoms with Gasteiger partial charge in [0.2, 0.25) is 5.88 Å². The Morgan fingerprint density at radius 3 is 2.45 bits per heavy atom. The Labute approximate surface area is 116 Å². The number of ether oxygens (including phenoxy) is 1. The van der Waals surface area contributed by atoms with Crippen molar-refractivity contribution in [2.75, 3.05) is 5.73 Å². The van der Waals surface area contributed by atoms with E-state index in [1.807, 2.05) is 12.1 Å². The molecule has 0 spiro atoms. The number of nitro groups is 1. The fourth-order valence-electron chi connectivity index (χ4n) is 1.71. The van der Waals surface area contributed by atoms with Gasteiger partial charge in [-0.05, 0) is 23.6 Å². The van der Waals surface area contributed by atoms with Gasteiger partial charge in [-0.1, -0.05) is 26.0 Å². The molecule has 1 aromatic carbocycles. The summed E-state index contributed by atoms with van der Waals surface area (Å²) in [6.45, 7) is 4.19. The van der Waals surface area contributed by atoms with Crippen LogP contribution in [0, 0.1) is 10.1 Å². The van der Waals surface area contributed by atoms with Crippen LogP contribution in [0.1, 0.15) is 25.3 Å². The van der Waals surface area contributed by atoms with Gasteiger partial charge in [0, 0.05) is 0 Å². The zero-order chi connectivity index (χ0) is 14.7. The van der Waals surface area contributed by atoms with Gasteiger partial charge in [-0.3, -0.25) is 10.1 Å². The lowest BCUT2D eigenvalue weighted by Gasteiger charge is -2.08. The summed E-state index contributed by atoms with van der Waals surface area (Å²) in [5.74, 6) is 1.14. The molecular weight excluding hydrogens is 258 g/mol. The molecule has 2 N–H and O–H groups in total. The monoisotopic (exact) mass is 273 g/mol. The molecule has 0 saturated heterocycles. The molecule has 2 rings (SSSR count). The number of hydrogen-bond donors (Lipinski definition) is 1. The van der Waals surface area contributed by atoms with Crippen LogP contribution in [-0.2, 0) is 0 Å². The van der Waals surface area contributed by atoms with E-state index in [-0.39, 0.29) is 17.4 Å². The Balaban J connectivity index is 2.23. The van der Waals surface area contributed by atoms with E-state index in [9.17, 15) is 10.1 Å². The summed E-state index contributed by atoms with van der Waals surface area (Å²) in [5.41, 5.74) is 6.56. The molecule has 0 aliphatic carbocycles. The van der Waals surface area contributed by atoms with E-state index in [4.69, 9.17) is 10.5 Å². The zero-order valence-corrected chi connectivity index (χ0v) is 11.2. The summed E-state index contributed by atoms with van der Waals surface area (Å²) in [4.78, 5) is 14.1. The molecule has 0 radical (unpaired) electrons. The van der Waals surface area contributed by atoms with Gasteiger partial charge in [-0.25, -0.2) is 0 Å². The largest absolute Gasteiger partial charge is 0.439 e. The smallest absolute Gasteiger partial charge is 0.278 e. The molecule has 0 fully saturated rings. The number of hydrogen-bond acceptors (Lipinski definition) is 5. The van der Waals surface area contributed by atoms with Crippen LogP contribution in [0.2, 0.25) is 0 Å². The average molecular weight is 273 g/mol. The topological polar surface area (TPSA) is 91.3 Å². The molecule has 0 atom stereocenters. The number of pyridine rings is 1. The number of aromatic nitrogens is 1. The van der Waals surface area contributed by atoms with Crippen molar-refractivity contribution >= 4 is 11.5 Å².